The molecule has 0 aromatic heterocycles. The van der Waals surface area contributed by atoms with Crippen molar-refractivity contribution in [2.24, 2.45) is 0 Å². The fourth-order valence-corrected chi connectivity index (χ4v) is 1.73. The van der Waals surface area contributed by atoms with E-state index >= 15 is 0 Å². The Hall–Kier alpha value is -1.63. The van der Waals surface area contributed by atoms with Gasteiger partial charge in [0.25, 0.3) is 0 Å². The van der Waals surface area contributed by atoms with E-state index in [9.17, 15) is 17.1 Å². The van der Waals surface area contributed by atoms with E-state index in [1.165, 1.54) is 6.07 Å². The molecule has 7 heteroatoms. The number of rotatable bonds is 5. The maximum absolute atomic E-state index is 12.6. The van der Waals surface area contributed by atoms with Gasteiger partial charge in [-0.2, -0.15) is 8.42 Å². The van der Waals surface area contributed by atoms with Crippen LogP contribution < -0.4 is 4.74 Å². The first kappa shape index (κ1) is 13.4. The van der Waals surface area contributed by atoms with Crippen LogP contribution in [0.4, 0.5) is 3.89 Å². The first-order chi connectivity index (χ1) is 7.80. The van der Waals surface area contributed by atoms with Crippen LogP contribution in [0.1, 0.15) is 12.0 Å². The lowest BCUT2D eigenvalue weighted by molar-refractivity contribution is -0.137. The molecule has 0 heterocycles. The van der Waals surface area contributed by atoms with E-state index in [4.69, 9.17) is 9.84 Å². The average Bonchev–Trinajstić information content (AvgIpc) is 2.18. The molecule has 0 saturated carbocycles. The Balaban J connectivity index is 2.80. The molecule has 0 fully saturated rings. The molecule has 1 rings (SSSR count). The van der Waals surface area contributed by atoms with Gasteiger partial charge in [-0.25, -0.2) is 0 Å². The van der Waals surface area contributed by atoms with E-state index in [1.807, 2.05) is 0 Å². The van der Waals surface area contributed by atoms with Crippen molar-refractivity contribution in [3.8, 4) is 5.75 Å². The number of carboxylic acid groups (broad SMARTS) is 1. The smallest absolute Gasteiger partial charge is 0.332 e. The standard InChI is InChI=1S/C10H11FO5S/c1-7-6-8(17(11,14)15)2-3-9(7)16-5-4-10(12)13/h2-3,6H,4-5H2,1H3,(H,12,13). The van der Waals surface area contributed by atoms with Crippen molar-refractivity contribution in [2.45, 2.75) is 18.2 Å². The molecule has 0 amide bonds. The second kappa shape index (κ2) is 5.13. The van der Waals surface area contributed by atoms with Crippen LogP contribution in [0.25, 0.3) is 0 Å². The summed E-state index contributed by atoms with van der Waals surface area (Å²) in [5, 5.41) is 8.40. The fourth-order valence-electron chi connectivity index (χ4n) is 1.18. The van der Waals surface area contributed by atoms with Crippen molar-refractivity contribution in [2.75, 3.05) is 6.61 Å². The van der Waals surface area contributed by atoms with Crippen LogP contribution in [0, 0.1) is 6.92 Å². The summed E-state index contributed by atoms with van der Waals surface area (Å²) in [4.78, 5) is 9.81. The summed E-state index contributed by atoms with van der Waals surface area (Å²) in [6, 6.07) is 3.49. The van der Waals surface area contributed by atoms with Crippen LogP contribution in [-0.4, -0.2) is 26.1 Å². The predicted molar refractivity (Wildman–Crippen MR) is 57.2 cm³/mol. The van der Waals surface area contributed by atoms with Gasteiger partial charge in [0.2, 0.25) is 0 Å². The third-order valence-corrected chi connectivity index (χ3v) is 2.82. The number of aliphatic carboxylic acids is 1. The molecule has 1 aromatic rings. The van der Waals surface area contributed by atoms with Gasteiger partial charge in [-0.3, -0.25) is 4.79 Å². The summed E-state index contributed by atoms with van der Waals surface area (Å²) in [6.45, 7) is 1.52. The Kier molecular flexibility index (Phi) is 4.06. The zero-order chi connectivity index (χ0) is 13.1. The molecule has 0 aliphatic carbocycles. The molecular formula is C10H11FO5S. The molecule has 1 aromatic carbocycles. The molecule has 0 spiro atoms. The van der Waals surface area contributed by atoms with Crippen molar-refractivity contribution in [1.82, 2.24) is 0 Å². The lowest BCUT2D eigenvalue weighted by Crippen LogP contribution is -2.05. The maximum atomic E-state index is 12.6. The third-order valence-electron chi connectivity index (χ3n) is 2.00. The van der Waals surface area contributed by atoms with E-state index in [2.05, 4.69) is 0 Å². The van der Waals surface area contributed by atoms with Crippen LogP contribution in [0.2, 0.25) is 0 Å². The SMILES string of the molecule is Cc1cc(S(=O)(=O)F)ccc1OCCC(=O)O. The Labute approximate surface area is 98.0 Å². The van der Waals surface area contributed by atoms with Gasteiger partial charge >= 0.3 is 16.2 Å². The van der Waals surface area contributed by atoms with Crippen LogP contribution >= 0.6 is 0 Å². The highest BCUT2D eigenvalue weighted by molar-refractivity contribution is 7.86. The summed E-state index contributed by atoms with van der Waals surface area (Å²) in [5.41, 5.74) is 0.425. The van der Waals surface area contributed by atoms with Crippen molar-refractivity contribution >= 4 is 16.2 Å². The quantitative estimate of drug-likeness (QED) is 0.813. The molecule has 0 radical (unpaired) electrons. The Bertz CT molecular complexity index is 523. The minimum Gasteiger partial charge on any atom is -0.493 e. The molecule has 0 bridgehead atoms. The number of halogens is 1. The fraction of sp³-hybridized carbons (Fsp3) is 0.300. The van der Waals surface area contributed by atoms with Gasteiger partial charge in [-0.1, -0.05) is 0 Å². The predicted octanol–water partition coefficient (Wildman–Crippen LogP) is 1.51. The lowest BCUT2D eigenvalue weighted by atomic mass is 10.2. The van der Waals surface area contributed by atoms with Gasteiger partial charge in [0.15, 0.2) is 0 Å². The molecule has 0 atom stereocenters. The summed E-state index contributed by atoms with van der Waals surface area (Å²) < 4.78 is 39.0. The van der Waals surface area contributed by atoms with Crippen LogP contribution in [0.5, 0.6) is 5.75 Å². The first-order valence-corrected chi connectivity index (χ1v) is 6.09. The zero-order valence-corrected chi connectivity index (χ0v) is 9.83. The van der Waals surface area contributed by atoms with Gasteiger partial charge in [-0.15, -0.1) is 3.89 Å². The topological polar surface area (TPSA) is 80.7 Å². The number of hydrogen-bond donors (Lipinski definition) is 1. The largest absolute Gasteiger partial charge is 0.493 e. The molecule has 0 aliphatic heterocycles. The van der Waals surface area contributed by atoms with Crippen molar-refractivity contribution in [3.63, 3.8) is 0 Å². The minimum atomic E-state index is -4.73. The van der Waals surface area contributed by atoms with Gasteiger partial charge in [0.05, 0.1) is 17.9 Å². The molecule has 5 nitrogen and oxygen atoms in total. The number of carboxylic acids is 1. The van der Waals surface area contributed by atoms with Crippen molar-refractivity contribution in [1.29, 1.82) is 0 Å². The zero-order valence-electron chi connectivity index (χ0n) is 9.01. The summed E-state index contributed by atoms with van der Waals surface area (Å²) >= 11 is 0. The van der Waals surface area contributed by atoms with Crippen molar-refractivity contribution in [3.05, 3.63) is 23.8 Å². The highest BCUT2D eigenvalue weighted by atomic mass is 32.3. The second-order valence-electron chi connectivity index (χ2n) is 3.36. The van der Waals surface area contributed by atoms with E-state index in [1.54, 1.807) is 6.92 Å². The van der Waals surface area contributed by atoms with Crippen LogP contribution in [0.3, 0.4) is 0 Å². The summed E-state index contributed by atoms with van der Waals surface area (Å²) in [5.74, 6) is -0.663. The monoisotopic (exact) mass is 262 g/mol. The second-order valence-corrected chi connectivity index (χ2v) is 4.70. The maximum Gasteiger partial charge on any atom is 0.332 e. The number of benzene rings is 1. The molecular weight excluding hydrogens is 251 g/mol. The highest BCUT2D eigenvalue weighted by Gasteiger charge is 2.13. The minimum absolute atomic E-state index is 0.0299. The van der Waals surface area contributed by atoms with Crippen LogP contribution in [-0.2, 0) is 15.0 Å². The van der Waals surface area contributed by atoms with Gasteiger partial charge < -0.3 is 9.84 Å². The number of aryl methyl sites for hydroxylation is 1. The average molecular weight is 262 g/mol. The van der Waals surface area contributed by atoms with E-state index in [0.717, 1.165) is 12.1 Å². The van der Waals surface area contributed by atoms with Crippen LogP contribution in [0.15, 0.2) is 23.1 Å². The molecule has 0 saturated heterocycles. The highest BCUT2D eigenvalue weighted by Crippen LogP contribution is 2.22. The van der Waals surface area contributed by atoms with Gasteiger partial charge in [0, 0.05) is 0 Å². The Morgan fingerprint density at radius 2 is 2.12 bits per heavy atom. The van der Waals surface area contributed by atoms with Crippen molar-refractivity contribution < 1.29 is 26.9 Å². The molecule has 1 N–H and O–H groups in total. The summed E-state index contributed by atoms with van der Waals surface area (Å²) in [6.07, 6.45) is -0.164. The number of hydrogen-bond acceptors (Lipinski definition) is 4. The normalized spacial score (nSPS) is 11.2. The van der Waals surface area contributed by atoms with E-state index in [-0.39, 0.29) is 13.0 Å². The number of carbonyl (C=O) groups is 1. The Morgan fingerprint density at radius 1 is 1.47 bits per heavy atom. The Morgan fingerprint density at radius 3 is 2.59 bits per heavy atom. The van der Waals surface area contributed by atoms with E-state index in [0.29, 0.717) is 11.3 Å². The molecule has 0 aliphatic rings. The third kappa shape index (κ3) is 4.03. The van der Waals surface area contributed by atoms with Gasteiger partial charge in [0.1, 0.15) is 5.75 Å². The van der Waals surface area contributed by atoms with E-state index < -0.39 is 21.1 Å². The number of ether oxygens (including phenoxy) is 1. The first-order valence-electron chi connectivity index (χ1n) is 4.70. The summed E-state index contributed by atoms with van der Waals surface area (Å²) in [7, 11) is -4.73. The van der Waals surface area contributed by atoms with Gasteiger partial charge in [-0.05, 0) is 30.7 Å². The molecule has 0 unspecified atom stereocenters. The molecule has 17 heavy (non-hydrogen) atoms. The molecule has 94 valence electrons. The lowest BCUT2D eigenvalue weighted by Gasteiger charge is -2.08.